The summed E-state index contributed by atoms with van der Waals surface area (Å²) in [5, 5.41) is 9.28. The maximum Gasteiger partial charge on any atom is 0.358 e. The molecule has 10 heteroatoms. The van der Waals surface area contributed by atoms with Crippen LogP contribution in [0.2, 0.25) is 0 Å². The van der Waals surface area contributed by atoms with E-state index in [2.05, 4.69) is 9.62 Å². The number of hydrogen-bond acceptors (Lipinski definition) is 9. The van der Waals surface area contributed by atoms with E-state index in [1.807, 2.05) is 0 Å². The highest BCUT2D eigenvalue weighted by atomic mass is 32.2. The highest BCUT2D eigenvalue weighted by Crippen LogP contribution is 2.50. The molecule has 2 aliphatic rings. The first-order valence-electron chi connectivity index (χ1n) is 6.75. The Kier molecular flexibility index (Phi) is 5.63. The highest BCUT2D eigenvalue weighted by molar-refractivity contribution is 8.04. The summed E-state index contributed by atoms with van der Waals surface area (Å²) >= 11 is 1.23. The van der Waals surface area contributed by atoms with Gasteiger partial charge in [0.25, 0.3) is 0 Å². The Hall–Kier alpha value is -1.62. The average molecular weight is 347 g/mol. The van der Waals surface area contributed by atoms with Crippen molar-refractivity contribution in [2.75, 3.05) is 20.5 Å². The number of carbonyl (C=O) groups is 3. The highest BCUT2D eigenvalue weighted by Gasteiger charge is 2.57. The molecular formula is C13H17NO8S. The number of esters is 2. The molecule has 23 heavy (non-hydrogen) atoms. The van der Waals surface area contributed by atoms with Crippen molar-refractivity contribution in [1.29, 1.82) is 0 Å². The van der Waals surface area contributed by atoms with Crippen LogP contribution in [0.5, 0.6) is 0 Å². The minimum atomic E-state index is -0.836. The molecular weight excluding hydrogens is 330 g/mol. The van der Waals surface area contributed by atoms with E-state index in [1.165, 1.54) is 37.6 Å². The molecule has 1 amide bonds. The van der Waals surface area contributed by atoms with E-state index in [4.69, 9.17) is 9.62 Å². The van der Waals surface area contributed by atoms with Crippen molar-refractivity contribution in [2.24, 2.45) is 5.92 Å². The van der Waals surface area contributed by atoms with Crippen LogP contribution < -0.4 is 0 Å². The monoisotopic (exact) mass is 347 g/mol. The zero-order valence-electron chi connectivity index (χ0n) is 12.8. The third kappa shape index (κ3) is 3.50. The van der Waals surface area contributed by atoms with Crippen LogP contribution in [0.25, 0.3) is 0 Å². The summed E-state index contributed by atoms with van der Waals surface area (Å²) < 4.78 is 9.38. The molecule has 0 aliphatic carbocycles. The van der Waals surface area contributed by atoms with Crippen molar-refractivity contribution < 1.29 is 38.7 Å². The van der Waals surface area contributed by atoms with Crippen LogP contribution >= 0.6 is 11.8 Å². The first-order chi connectivity index (χ1) is 10.9. The Morgan fingerprint density at radius 1 is 1.39 bits per heavy atom. The maximum absolute atomic E-state index is 12.2. The first kappa shape index (κ1) is 17.7. The van der Waals surface area contributed by atoms with Crippen molar-refractivity contribution in [3.8, 4) is 0 Å². The number of carbonyl (C=O) groups excluding carboxylic acids is 3. The van der Waals surface area contributed by atoms with Gasteiger partial charge in [-0.15, -0.1) is 0 Å². The Morgan fingerprint density at radius 2 is 2.09 bits per heavy atom. The number of hydrogen-bond donors (Lipinski definition) is 1. The number of nitrogens with zero attached hydrogens (tertiary/aromatic N) is 1. The third-order valence-corrected chi connectivity index (χ3v) is 4.67. The van der Waals surface area contributed by atoms with Gasteiger partial charge >= 0.3 is 11.9 Å². The van der Waals surface area contributed by atoms with Crippen LogP contribution in [0.1, 0.15) is 13.8 Å². The summed E-state index contributed by atoms with van der Waals surface area (Å²) in [4.78, 5) is 46.1. The Morgan fingerprint density at radius 3 is 2.65 bits per heavy atom. The molecule has 0 spiro atoms. The second-order valence-electron chi connectivity index (χ2n) is 4.87. The Bertz CT molecular complexity index is 546. The van der Waals surface area contributed by atoms with Crippen molar-refractivity contribution >= 4 is 29.6 Å². The largest absolute Gasteiger partial charge is 0.428 e. The SMILES string of the molecule is COOCC1=C(C(=O)OCOC(C)=O)N2C(=O)C(C(C)O)[C@H]2S1. The molecule has 2 unspecified atom stereocenters. The van der Waals surface area contributed by atoms with Crippen LogP contribution in [-0.4, -0.2) is 59.8 Å². The van der Waals surface area contributed by atoms with Gasteiger partial charge in [0.2, 0.25) is 12.7 Å². The minimum Gasteiger partial charge on any atom is -0.428 e. The van der Waals surface area contributed by atoms with Gasteiger partial charge in [-0.05, 0) is 6.92 Å². The van der Waals surface area contributed by atoms with E-state index in [-0.39, 0.29) is 18.2 Å². The van der Waals surface area contributed by atoms with Gasteiger partial charge in [0.1, 0.15) is 17.7 Å². The van der Waals surface area contributed by atoms with Crippen LogP contribution in [0.15, 0.2) is 10.6 Å². The quantitative estimate of drug-likeness (QED) is 0.219. The Labute approximate surface area is 136 Å². The number of β-lactam (4-membered cyclic amide) rings is 1. The molecule has 2 rings (SSSR count). The zero-order valence-corrected chi connectivity index (χ0v) is 13.6. The average Bonchev–Trinajstić information content (AvgIpc) is 2.78. The van der Waals surface area contributed by atoms with Gasteiger partial charge < -0.3 is 14.6 Å². The predicted octanol–water partition coefficient (Wildman–Crippen LogP) is -0.248. The summed E-state index contributed by atoms with van der Waals surface area (Å²) in [5.41, 5.74) is 0.0195. The van der Waals surface area contributed by atoms with Gasteiger partial charge in [-0.1, -0.05) is 11.8 Å². The van der Waals surface area contributed by atoms with Crippen molar-refractivity contribution in [2.45, 2.75) is 25.3 Å². The smallest absolute Gasteiger partial charge is 0.358 e. The van der Waals surface area contributed by atoms with Crippen molar-refractivity contribution in [3.05, 3.63) is 10.6 Å². The number of ether oxygens (including phenoxy) is 2. The van der Waals surface area contributed by atoms with Gasteiger partial charge in [-0.3, -0.25) is 14.5 Å². The Balaban J connectivity index is 2.12. The predicted molar refractivity (Wildman–Crippen MR) is 76.1 cm³/mol. The fourth-order valence-electron chi connectivity index (χ4n) is 2.29. The fraction of sp³-hybridized carbons (Fsp3) is 0.615. The first-order valence-corrected chi connectivity index (χ1v) is 7.63. The molecule has 0 aromatic rings. The molecule has 2 aliphatic heterocycles. The van der Waals surface area contributed by atoms with E-state index >= 15 is 0 Å². The number of aliphatic hydroxyl groups excluding tert-OH is 1. The van der Waals surface area contributed by atoms with E-state index in [0.29, 0.717) is 4.91 Å². The van der Waals surface area contributed by atoms with Crippen LogP contribution in [0.4, 0.5) is 0 Å². The van der Waals surface area contributed by atoms with E-state index in [9.17, 15) is 19.5 Å². The summed E-state index contributed by atoms with van der Waals surface area (Å²) in [7, 11) is 1.32. The lowest BCUT2D eigenvalue weighted by molar-refractivity contribution is -0.264. The molecule has 0 aromatic carbocycles. The summed E-state index contributed by atoms with van der Waals surface area (Å²) in [6, 6.07) is 0. The van der Waals surface area contributed by atoms with Crippen molar-refractivity contribution in [3.63, 3.8) is 0 Å². The molecule has 128 valence electrons. The number of rotatable bonds is 7. The molecule has 0 aromatic heterocycles. The van der Waals surface area contributed by atoms with E-state index in [1.54, 1.807) is 0 Å². The van der Waals surface area contributed by atoms with Gasteiger partial charge in [0, 0.05) is 11.8 Å². The number of aliphatic hydroxyl groups is 1. The summed E-state index contributed by atoms with van der Waals surface area (Å²) in [5.74, 6) is -2.38. The van der Waals surface area contributed by atoms with Crippen LogP contribution in [0.3, 0.4) is 0 Å². The lowest BCUT2D eigenvalue weighted by atomic mass is 9.92. The molecule has 1 N–H and O–H groups in total. The van der Waals surface area contributed by atoms with Crippen molar-refractivity contribution in [1.82, 2.24) is 4.90 Å². The molecule has 2 heterocycles. The number of amides is 1. The summed E-state index contributed by atoms with van der Waals surface area (Å²) in [6.45, 7) is 2.10. The van der Waals surface area contributed by atoms with E-state index < -0.39 is 36.1 Å². The topological polar surface area (TPSA) is 112 Å². The third-order valence-electron chi connectivity index (χ3n) is 3.33. The fourth-order valence-corrected chi connectivity index (χ4v) is 3.80. The maximum atomic E-state index is 12.2. The second kappa shape index (κ2) is 7.30. The second-order valence-corrected chi connectivity index (χ2v) is 6.08. The standard InChI is InChI=1S/C13H17NO8S/c1-6(15)9-11(17)14-10(13(18)21-5-20-7(2)16)8(4-22-19-3)23-12(9)14/h6,9,12,15H,4-5H2,1-3H3/t6?,9?,12-/m1/s1. The van der Waals surface area contributed by atoms with Crippen LogP contribution in [0, 0.1) is 5.92 Å². The lowest BCUT2D eigenvalue weighted by Gasteiger charge is -2.43. The molecule has 1 fully saturated rings. The van der Waals surface area contributed by atoms with Gasteiger partial charge in [0.15, 0.2) is 0 Å². The molecule has 9 nitrogen and oxygen atoms in total. The van der Waals surface area contributed by atoms with Gasteiger partial charge in [-0.25, -0.2) is 14.6 Å². The normalized spacial score (nSPS) is 24.2. The van der Waals surface area contributed by atoms with Crippen LogP contribution in [-0.2, 0) is 33.6 Å². The minimum absolute atomic E-state index is 0.0195. The molecule has 1 saturated heterocycles. The van der Waals surface area contributed by atoms with Gasteiger partial charge in [0.05, 0.1) is 19.1 Å². The molecule has 3 atom stereocenters. The molecule has 0 radical (unpaired) electrons. The number of thioether (sulfide) groups is 1. The van der Waals surface area contributed by atoms with Gasteiger partial charge in [-0.2, -0.15) is 0 Å². The molecule has 0 saturated carbocycles. The number of fused-ring (bicyclic) bond motifs is 1. The van der Waals surface area contributed by atoms with E-state index in [0.717, 1.165) is 0 Å². The molecule has 0 bridgehead atoms. The zero-order chi connectivity index (χ0) is 17.1. The summed E-state index contributed by atoms with van der Waals surface area (Å²) in [6.07, 6.45) is -0.836. The lowest BCUT2D eigenvalue weighted by Crippen LogP contribution is -2.60.